The number of hydrogen-bond donors (Lipinski definition) is 1. The van der Waals surface area contributed by atoms with Gasteiger partial charge in [-0.25, -0.2) is 0 Å². The van der Waals surface area contributed by atoms with Crippen LogP contribution in [0.1, 0.15) is 39.0 Å². The molecule has 1 unspecified atom stereocenters. The molecule has 1 saturated carbocycles. The SMILES string of the molecule is C=CC(C)N(C(N)=S)C1CCCCC1. The molecule has 0 aliphatic heterocycles. The molecule has 1 rings (SSSR count). The van der Waals surface area contributed by atoms with Crippen molar-refractivity contribution in [3.8, 4) is 0 Å². The molecule has 0 bridgehead atoms. The molecule has 0 aromatic heterocycles. The van der Waals surface area contributed by atoms with Gasteiger partial charge in [-0.3, -0.25) is 0 Å². The number of thiocarbonyl (C=S) groups is 1. The van der Waals surface area contributed by atoms with E-state index in [2.05, 4.69) is 18.4 Å². The van der Waals surface area contributed by atoms with Gasteiger partial charge in [-0.05, 0) is 32.0 Å². The first-order valence-electron chi connectivity index (χ1n) is 5.37. The molecule has 0 heterocycles. The minimum atomic E-state index is 0.260. The second kappa shape index (κ2) is 5.35. The second-order valence-corrected chi connectivity index (χ2v) is 4.43. The average molecular weight is 212 g/mol. The molecule has 1 atom stereocenters. The third-order valence-corrected chi connectivity index (χ3v) is 3.21. The molecule has 0 aromatic rings. The van der Waals surface area contributed by atoms with Crippen LogP contribution in [0.5, 0.6) is 0 Å². The molecule has 0 spiro atoms. The van der Waals surface area contributed by atoms with Crippen molar-refractivity contribution in [3.63, 3.8) is 0 Å². The van der Waals surface area contributed by atoms with Gasteiger partial charge >= 0.3 is 0 Å². The Kier molecular flexibility index (Phi) is 4.39. The number of nitrogens with two attached hydrogens (primary N) is 1. The molecule has 2 nitrogen and oxygen atoms in total. The second-order valence-electron chi connectivity index (χ2n) is 4.01. The fraction of sp³-hybridized carbons (Fsp3) is 0.727. The van der Waals surface area contributed by atoms with Gasteiger partial charge in [0.15, 0.2) is 5.11 Å². The number of nitrogens with zero attached hydrogens (tertiary/aromatic N) is 1. The molecule has 3 heteroatoms. The zero-order valence-electron chi connectivity index (χ0n) is 8.91. The zero-order chi connectivity index (χ0) is 10.6. The van der Waals surface area contributed by atoms with E-state index in [1.165, 1.54) is 32.1 Å². The first-order chi connectivity index (χ1) is 6.66. The normalized spacial score (nSPS) is 20.1. The maximum atomic E-state index is 5.75. The summed E-state index contributed by atoms with van der Waals surface area (Å²) in [6.45, 7) is 5.90. The highest BCUT2D eigenvalue weighted by Gasteiger charge is 2.24. The minimum Gasteiger partial charge on any atom is -0.376 e. The fourth-order valence-electron chi connectivity index (χ4n) is 2.19. The van der Waals surface area contributed by atoms with Crippen molar-refractivity contribution in [1.29, 1.82) is 0 Å². The third-order valence-electron chi connectivity index (χ3n) is 3.00. The van der Waals surface area contributed by atoms with Gasteiger partial charge in [-0.1, -0.05) is 25.3 Å². The topological polar surface area (TPSA) is 29.3 Å². The Balaban J connectivity index is 2.65. The maximum Gasteiger partial charge on any atom is 0.167 e. The van der Waals surface area contributed by atoms with E-state index in [1.54, 1.807) is 0 Å². The van der Waals surface area contributed by atoms with E-state index in [1.807, 2.05) is 6.08 Å². The van der Waals surface area contributed by atoms with Crippen molar-refractivity contribution in [2.45, 2.75) is 51.1 Å². The summed E-state index contributed by atoms with van der Waals surface area (Å²) < 4.78 is 0. The van der Waals surface area contributed by atoms with Gasteiger partial charge in [0.2, 0.25) is 0 Å². The summed E-state index contributed by atoms with van der Waals surface area (Å²) in [5, 5.41) is 0.518. The van der Waals surface area contributed by atoms with Gasteiger partial charge in [-0.2, -0.15) is 0 Å². The van der Waals surface area contributed by atoms with Crippen molar-refractivity contribution in [2.24, 2.45) is 5.73 Å². The molecule has 14 heavy (non-hydrogen) atoms. The summed E-state index contributed by atoms with van der Waals surface area (Å²) in [5.74, 6) is 0. The molecular formula is C11H20N2S. The van der Waals surface area contributed by atoms with Crippen LogP contribution in [-0.2, 0) is 0 Å². The van der Waals surface area contributed by atoms with E-state index in [0.717, 1.165) is 0 Å². The van der Waals surface area contributed by atoms with Gasteiger partial charge in [0.25, 0.3) is 0 Å². The van der Waals surface area contributed by atoms with Crippen LogP contribution in [0, 0.1) is 0 Å². The molecular weight excluding hydrogens is 192 g/mol. The van der Waals surface area contributed by atoms with Crippen molar-refractivity contribution < 1.29 is 0 Å². The van der Waals surface area contributed by atoms with Gasteiger partial charge in [-0.15, -0.1) is 6.58 Å². The molecule has 1 aliphatic rings. The quantitative estimate of drug-likeness (QED) is 0.575. The Hall–Kier alpha value is -0.570. The Morgan fingerprint density at radius 3 is 2.50 bits per heavy atom. The van der Waals surface area contributed by atoms with E-state index >= 15 is 0 Å². The average Bonchev–Trinajstić information content (AvgIpc) is 2.19. The Morgan fingerprint density at radius 1 is 1.50 bits per heavy atom. The summed E-state index contributed by atoms with van der Waals surface area (Å²) in [4.78, 5) is 2.14. The highest BCUT2D eigenvalue weighted by molar-refractivity contribution is 7.80. The highest BCUT2D eigenvalue weighted by atomic mass is 32.1. The van der Waals surface area contributed by atoms with E-state index in [0.29, 0.717) is 11.2 Å². The third kappa shape index (κ3) is 2.71. The van der Waals surface area contributed by atoms with E-state index in [-0.39, 0.29) is 6.04 Å². The molecule has 80 valence electrons. The lowest BCUT2D eigenvalue weighted by Crippen LogP contribution is -2.48. The minimum absolute atomic E-state index is 0.260. The van der Waals surface area contributed by atoms with Crippen LogP contribution in [0.25, 0.3) is 0 Å². The lowest BCUT2D eigenvalue weighted by molar-refractivity contribution is 0.223. The van der Waals surface area contributed by atoms with Gasteiger partial charge in [0.1, 0.15) is 0 Å². The monoisotopic (exact) mass is 212 g/mol. The van der Waals surface area contributed by atoms with Crippen LogP contribution in [0.2, 0.25) is 0 Å². The predicted molar refractivity (Wildman–Crippen MR) is 65.2 cm³/mol. The standard InChI is InChI=1S/C11H20N2S/c1-3-9(2)13(11(12)14)10-7-5-4-6-8-10/h3,9-10H,1,4-8H2,2H3,(H2,12,14). The van der Waals surface area contributed by atoms with Crippen molar-refractivity contribution in [3.05, 3.63) is 12.7 Å². The van der Waals surface area contributed by atoms with E-state index in [9.17, 15) is 0 Å². The predicted octanol–water partition coefficient (Wildman–Crippen LogP) is 2.44. The summed E-state index contributed by atoms with van der Waals surface area (Å²) >= 11 is 5.10. The van der Waals surface area contributed by atoms with Crippen LogP contribution in [0.15, 0.2) is 12.7 Å². The summed E-state index contributed by atoms with van der Waals surface area (Å²) in [6, 6.07) is 0.796. The molecule has 1 fully saturated rings. The van der Waals surface area contributed by atoms with E-state index in [4.69, 9.17) is 18.0 Å². The molecule has 1 aliphatic carbocycles. The number of rotatable bonds is 3. The molecule has 0 amide bonds. The summed E-state index contributed by atoms with van der Waals surface area (Å²) in [7, 11) is 0. The van der Waals surface area contributed by atoms with Crippen LogP contribution in [0.4, 0.5) is 0 Å². The van der Waals surface area contributed by atoms with Crippen LogP contribution in [0.3, 0.4) is 0 Å². The van der Waals surface area contributed by atoms with Gasteiger partial charge < -0.3 is 10.6 Å². The van der Waals surface area contributed by atoms with Crippen LogP contribution < -0.4 is 5.73 Å². The number of hydrogen-bond acceptors (Lipinski definition) is 1. The first-order valence-corrected chi connectivity index (χ1v) is 5.78. The fourth-order valence-corrected chi connectivity index (χ4v) is 2.50. The molecule has 0 radical (unpaired) electrons. The Labute approximate surface area is 92.2 Å². The summed E-state index contributed by atoms with van der Waals surface area (Å²) in [5.41, 5.74) is 5.75. The molecule has 2 N–H and O–H groups in total. The van der Waals surface area contributed by atoms with E-state index < -0.39 is 0 Å². The van der Waals surface area contributed by atoms with Gasteiger partial charge in [0, 0.05) is 12.1 Å². The first kappa shape index (κ1) is 11.5. The lowest BCUT2D eigenvalue weighted by Gasteiger charge is -2.38. The Bertz CT molecular complexity index is 209. The molecule has 0 aromatic carbocycles. The smallest absolute Gasteiger partial charge is 0.167 e. The lowest BCUT2D eigenvalue weighted by atomic mass is 9.93. The van der Waals surface area contributed by atoms with Crippen molar-refractivity contribution >= 4 is 17.3 Å². The van der Waals surface area contributed by atoms with Crippen molar-refractivity contribution in [2.75, 3.05) is 0 Å². The highest BCUT2D eigenvalue weighted by Crippen LogP contribution is 2.24. The van der Waals surface area contributed by atoms with Crippen LogP contribution in [-0.4, -0.2) is 22.1 Å². The largest absolute Gasteiger partial charge is 0.376 e. The van der Waals surface area contributed by atoms with Gasteiger partial charge in [0.05, 0.1) is 0 Å². The molecule has 0 saturated heterocycles. The zero-order valence-corrected chi connectivity index (χ0v) is 9.72. The van der Waals surface area contributed by atoms with Crippen molar-refractivity contribution in [1.82, 2.24) is 4.90 Å². The van der Waals surface area contributed by atoms with Crippen LogP contribution >= 0.6 is 12.2 Å². The summed E-state index contributed by atoms with van der Waals surface area (Å²) in [6.07, 6.45) is 8.30. The maximum absolute atomic E-state index is 5.75. The Morgan fingerprint density at radius 2 is 2.07 bits per heavy atom.